The van der Waals surface area contributed by atoms with E-state index in [0.717, 1.165) is 12.8 Å². The van der Waals surface area contributed by atoms with Gasteiger partial charge < -0.3 is 5.73 Å². The average molecular weight is 394 g/mol. The van der Waals surface area contributed by atoms with Crippen molar-refractivity contribution in [2.45, 2.75) is 56.4 Å². The average Bonchev–Trinajstić information content (AvgIpc) is 3.22. The minimum Gasteiger partial charge on any atom is -0.366 e. The number of hydrogen-bond donors (Lipinski definition) is 1. The molecule has 0 bridgehead atoms. The quantitative estimate of drug-likeness (QED) is 0.765. The molecule has 1 aromatic rings. The first-order chi connectivity index (χ1) is 12.5. The molecule has 27 heavy (non-hydrogen) atoms. The van der Waals surface area contributed by atoms with E-state index in [-0.39, 0.29) is 6.42 Å². The molecule has 3 rings (SSSR count). The summed E-state index contributed by atoms with van der Waals surface area (Å²) >= 11 is 0. The van der Waals surface area contributed by atoms with E-state index >= 15 is 0 Å². The maximum atomic E-state index is 13.8. The Morgan fingerprint density at radius 3 is 2.11 bits per heavy atom. The van der Waals surface area contributed by atoms with Crippen molar-refractivity contribution in [3.63, 3.8) is 0 Å². The summed E-state index contributed by atoms with van der Waals surface area (Å²) in [5, 5.41) is 0. The van der Waals surface area contributed by atoms with Gasteiger partial charge in [-0.15, -0.1) is 0 Å². The number of hydrogen-bond acceptors (Lipinski definition) is 2. The first kappa shape index (κ1) is 20.0. The maximum absolute atomic E-state index is 13.8. The van der Waals surface area contributed by atoms with Gasteiger partial charge in [0.1, 0.15) is 0 Å². The number of nitrogens with two attached hydrogens (primary N) is 1. The first-order valence-electron chi connectivity index (χ1n) is 8.87. The van der Waals surface area contributed by atoms with Crippen molar-refractivity contribution in [3.8, 4) is 0 Å². The summed E-state index contributed by atoms with van der Waals surface area (Å²) in [6.45, 7) is 1.33. The first-order valence-corrected chi connectivity index (χ1v) is 8.87. The van der Waals surface area contributed by atoms with Crippen molar-refractivity contribution in [1.82, 2.24) is 4.90 Å². The molecule has 1 aromatic carbocycles. The number of alkyl halides is 6. The van der Waals surface area contributed by atoms with Crippen LogP contribution >= 0.6 is 0 Å². The van der Waals surface area contributed by atoms with Gasteiger partial charge in [-0.1, -0.05) is 6.42 Å². The van der Waals surface area contributed by atoms with Gasteiger partial charge in [-0.2, -0.15) is 26.3 Å². The third kappa shape index (κ3) is 3.79. The summed E-state index contributed by atoms with van der Waals surface area (Å²) in [5.74, 6) is -2.32. The van der Waals surface area contributed by atoms with Crippen molar-refractivity contribution in [2.24, 2.45) is 5.73 Å². The summed E-state index contributed by atoms with van der Waals surface area (Å²) in [7, 11) is 0. The molecule has 2 unspecified atom stereocenters. The highest BCUT2D eigenvalue weighted by molar-refractivity contribution is 5.95. The molecule has 3 nitrogen and oxygen atoms in total. The minimum absolute atomic E-state index is 0.218. The van der Waals surface area contributed by atoms with Crippen molar-refractivity contribution in [2.75, 3.05) is 13.1 Å². The van der Waals surface area contributed by atoms with Gasteiger partial charge >= 0.3 is 12.4 Å². The van der Waals surface area contributed by atoms with Crippen molar-refractivity contribution >= 4 is 5.91 Å². The van der Waals surface area contributed by atoms with E-state index in [0.29, 0.717) is 38.1 Å². The number of rotatable bonds is 3. The van der Waals surface area contributed by atoms with Crippen LogP contribution in [0, 0.1) is 0 Å². The molecule has 1 heterocycles. The van der Waals surface area contributed by atoms with Crippen molar-refractivity contribution < 1.29 is 31.1 Å². The second-order valence-corrected chi connectivity index (χ2v) is 7.16. The van der Waals surface area contributed by atoms with Crippen molar-refractivity contribution in [3.05, 3.63) is 34.4 Å². The highest BCUT2D eigenvalue weighted by Gasteiger charge is 2.48. The topological polar surface area (TPSA) is 46.3 Å². The number of carbonyl (C=O) groups is 1. The predicted octanol–water partition coefficient (Wildman–Crippen LogP) is 4.56. The monoisotopic (exact) mass is 394 g/mol. The highest BCUT2D eigenvalue weighted by atomic mass is 19.4. The molecule has 0 aromatic heterocycles. The van der Waals surface area contributed by atoms with Crippen LogP contribution in [0.5, 0.6) is 0 Å². The van der Waals surface area contributed by atoms with E-state index in [2.05, 4.69) is 0 Å². The second-order valence-electron chi connectivity index (χ2n) is 7.16. The number of primary amides is 1. The van der Waals surface area contributed by atoms with Crippen LogP contribution in [0.15, 0.2) is 12.1 Å². The van der Waals surface area contributed by atoms with Gasteiger partial charge in [-0.05, 0) is 56.5 Å². The van der Waals surface area contributed by atoms with E-state index in [4.69, 9.17) is 5.73 Å². The lowest BCUT2D eigenvalue weighted by Gasteiger charge is -2.33. The lowest BCUT2D eigenvalue weighted by atomic mass is 9.83. The Labute approximate surface area is 152 Å². The number of amides is 1. The Morgan fingerprint density at radius 2 is 1.59 bits per heavy atom. The van der Waals surface area contributed by atoms with Gasteiger partial charge in [0.15, 0.2) is 0 Å². The molecule has 2 fully saturated rings. The molecule has 1 aliphatic carbocycles. The Bertz CT molecular complexity index is 722. The molecule has 1 aliphatic heterocycles. The van der Waals surface area contributed by atoms with Crippen LogP contribution in [0.1, 0.15) is 65.1 Å². The van der Waals surface area contributed by atoms with Crippen LogP contribution in [0.25, 0.3) is 0 Å². The molecular formula is C18H20F6N2O. The third-order valence-corrected chi connectivity index (χ3v) is 5.56. The SMILES string of the molecule is NC(=O)c1ccc(C(F)(F)F)c(C2CCCC2N2CCCC2)c1C(F)(F)F. The van der Waals surface area contributed by atoms with E-state index in [9.17, 15) is 31.1 Å². The largest absolute Gasteiger partial charge is 0.417 e. The molecule has 150 valence electrons. The summed E-state index contributed by atoms with van der Waals surface area (Å²) in [4.78, 5) is 13.5. The summed E-state index contributed by atoms with van der Waals surface area (Å²) < 4.78 is 82.2. The number of benzene rings is 1. The lowest BCUT2D eigenvalue weighted by molar-refractivity contribution is -0.145. The minimum atomic E-state index is -5.11. The maximum Gasteiger partial charge on any atom is 0.417 e. The molecule has 1 saturated carbocycles. The third-order valence-electron chi connectivity index (χ3n) is 5.56. The summed E-state index contributed by atoms with van der Waals surface area (Å²) in [6, 6.07) is 0.708. The van der Waals surface area contributed by atoms with Crippen molar-refractivity contribution in [1.29, 1.82) is 0 Å². The Hall–Kier alpha value is -1.77. The molecule has 2 aliphatic rings. The van der Waals surface area contributed by atoms with Crippen LogP contribution in [-0.2, 0) is 12.4 Å². The predicted molar refractivity (Wildman–Crippen MR) is 86.2 cm³/mol. The van der Waals surface area contributed by atoms with E-state index in [1.807, 2.05) is 4.90 Å². The van der Waals surface area contributed by atoms with Gasteiger partial charge in [-0.3, -0.25) is 9.69 Å². The molecule has 0 spiro atoms. The van der Waals surface area contributed by atoms with Gasteiger partial charge in [0.2, 0.25) is 5.91 Å². The smallest absolute Gasteiger partial charge is 0.366 e. The Balaban J connectivity index is 2.24. The molecule has 9 heteroatoms. The molecular weight excluding hydrogens is 374 g/mol. The fourth-order valence-corrected chi connectivity index (χ4v) is 4.55. The van der Waals surface area contributed by atoms with E-state index in [1.165, 1.54) is 0 Å². The highest BCUT2D eigenvalue weighted by Crippen LogP contribution is 2.49. The van der Waals surface area contributed by atoms with Gasteiger partial charge in [-0.25, -0.2) is 0 Å². The van der Waals surface area contributed by atoms with Gasteiger partial charge in [0.05, 0.1) is 16.7 Å². The number of halogens is 6. The molecule has 2 N–H and O–H groups in total. The van der Waals surface area contributed by atoms with E-state index in [1.54, 1.807) is 0 Å². The van der Waals surface area contributed by atoms with E-state index < -0.39 is 52.5 Å². The Kier molecular flexibility index (Phi) is 5.18. The van der Waals surface area contributed by atoms with Gasteiger partial charge in [0.25, 0.3) is 0 Å². The molecule has 1 saturated heterocycles. The van der Waals surface area contributed by atoms with Crippen LogP contribution < -0.4 is 5.73 Å². The fourth-order valence-electron chi connectivity index (χ4n) is 4.55. The van der Waals surface area contributed by atoms with Crippen LogP contribution in [0.4, 0.5) is 26.3 Å². The number of carbonyl (C=O) groups excluding carboxylic acids is 1. The zero-order valence-corrected chi connectivity index (χ0v) is 14.5. The summed E-state index contributed by atoms with van der Waals surface area (Å²) in [6.07, 6.45) is -7.01. The standard InChI is InChI=1S/C18H20F6N2O/c19-17(20,21)12-7-6-11(16(25)27)15(18(22,23)24)14(12)10-4-3-5-13(10)26-8-1-2-9-26/h6-7,10,13H,1-5,8-9H2,(H2,25,27). The van der Waals surface area contributed by atoms with Crippen LogP contribution in [-0.4, -0.2) is 29.9 Å². The van der Waals surface area contributed by atoms with Crippen LogP contribution in [0.2, 0.25) is 0 Å². The number of likely N-dealkylation sites (tertiary alicyclic amines) is 1. The normalized spacial score (nSPS) is 24.5. The number of nitrogens with zero attached hydrogens (tertiary/aromatic N) is 1. The molecule has 1 amide bonds. The molecule has 0 radical (unpaired) electrons. The molecule has 2 atom stereocenters. The lowest BCUT2D eigenvalue weighted by Crippen LogP contribution is -2.36. The second kappa shape index (κ2) is 7.00. The zero-order chi connectivity index (χ0) is 20.0. The van der Waals surface area contributed by atoms with Crippen LogP contribution in [0.3, 0.4) is 0 Å². The Morgan fingerprint density at radius 1 is 0.963 bits per heavy atom. The zero-order valence-electron chi connectivity index (χ0n) is 14.5. The van der Waals surface area contributed by atoms with Gasteiger partial charge in [0, 0.05) is 12.0 Å². The summed E-state index contributed by atoms with van der Waals surface area (Å²) in [5.41, 5.74) is 0.490. The fraction of sp³-hybridized carbons (Fsp3) is 0.611.